The normalized spacial score (nSPS) is 9.95. The lowest BCUT2D eigenvalue weighted by Gasteiger charge is -2.02. The summed E-state index contributed by atoms with van der Waals surface area (Å²) in [6, 6.07) is 12.4. The third-order valence-electron chi connectivity index (χ3n) is 2.84. The van der Waals surface area contributed by atoms with E-state index in [0.29, 0.717) is 10.7 Å². The van der Waals surface area contributed by atoms with E-state index >= 15 is 0 Å². The lowest BCUT2D eigenvalue weighted by atomic mass is 10.1. The SMILES string of the molecule is N#Cc1ccc(-c2csc(NNC(=O)c3ccco3)n2)cc1. The average molecular weight is 310 g/mol. The van der Waals surface area contributed by atoms with Gasteiger partial charge in [-0.15, -0.1) is 11.3 Å². The topological polar surface area (TPSA) is 91.0 Å². The average Bonchev–Trinajstić information content (AvgIpc) is 3.24. The second-order valence-corrected chi connectivity index (χ2v) is 5.14. The molecule has 0 saturated carbocycles. The van der Waals surface area contributed by atoms with Gasteiger partial charge in [-0.3, -0.25) is 15.6 Å². The highest BCUT2D eigenvalue weighted by Crippen LogP contribution is 2.24. The van der Waals surface area contributed by atoms with Gasteiger partial charge in [0.25, 0.3) is 0 Å². The van der Waals surface area contributed by atoms with Crippen molar-refractivity contribution >= 4 is 22.4 Å². The number of benzene rings is 1. The molecule has 0 atom stereocenters. The minimum atomic E-state index is -0.375. The van der Waals surface area contributed by atoms with Crippen LogP contribution in [0.3, 0.4) is 0 Å². The van der Waals surface area contributed by atoms with E-state index in [1.807, 2.05) is 17.5 Å². The summed E-state index contributed by atoms with van der Waals surface area (Å²) in [6.07, 6.45) is 1.43. The molecule has 7 heteroatoms. The number of thiazole rings is 1. The molecule has 0 aliphatic heterocycles. The monoisotopic (exact) mass is 310 g/mol. The molecule has 0 radical (unpaired) electrons. The maximum atomic E-state index is 11.7. The molecule has 3 rings (SSSR count). The second-order valence-electron chi connectivity index (χ2n) is 4.28. The molecule has 1 aromatic carbocycles. The molecule has 22 heavy (non-hydrogen) atoms. The Hall–Kier alpha value is -3.11. The highest BCUT2D eigenvalue weighted by Gasteiger charge is 2.09. The lowest BCUT2D eigenvalue weighted by Crippen LogP contribution is -2.28. The molecular formula is C15H10N4O2S. The van der Waals surface area contributed by atoms with E-state index < -0.39 is 0 Å². The van der Waals surface area contributed by atoms with Crippen LogP contribution in [0.15, 0.2) is 52.5 Å². The Morgan fingerprint density at radius 1 is 1.27 bits per heavy atom. The summed E-state index contributed by atoms with van der Waals surface area (Å²) in [6.45, 7) is 0. The van der Waals surface area contributed by atoms with E-state index in [4.69, 9.17) is 9.68 Å². The molecule has 2 heterocycles. The molecule has 3 aromatic rings. The smallest absolute Gasteiger partial charge is 0.305 e. The molecule has 2 N–H and O–H groups in total. The molecule has 0 unspecified atom stereocenters. The van der Waals surface area contributed by atoms with Crippen LogP contribution in [0.5, 0.6) is 0 Å². The maximum absolute atomic E-state index is 11.7. The molecule has 108 valence electrons. The number of rotatable bonds is 4. The van der Waals surface area contributed by atoms with Gasteiger partial charge in [0.2, 0.25) is 5.13 Å². The van der Waals surface area contributed by atoms with E-state index in [1.165, 1.54) is 17.6 Å². The highest BCUT2D eigenvalue weighted by molar-refractivity contribution is 7.14. The summed E-state index contributed by atoms with van der Waals surface area (Å²) in [5, 5.41) is 11.2. The minimum Gasteiger partial charge on any atom is -0.459 e. The largest absolute Gasteiger partial charge is 0.459 e. The van der Waals surface area contributed by atoms with Crippen LogP contribution in [-0.2, 0) is 0 Å². The number of nitrogens with one attached hydrogen (secondary N) is 2. The molecule has 0 spiro atoms. The Bertz CT molecular complexity index is 816. The van der Waals surface area contributed by atoms with Crippen LogP contribution in [-0.4, -0.2) is 10.9 Å². The summed E-state index contributed by atoms with van der Waals surface area (Å²) in [7, 11) is 0. The molecular weight excluding hydrogens is 300 g/mol. The first kappa shape index (κ1) is 13.9. The Morgan fingerprint density at radius 3 is 2.77 bits per heavy atom. The number of amides is 1. The van der Waals surface area contributed by atoms with Gasteiger partial charge in [-0.1, -0.05) is 12.1 Å². The van der Waals surface area contributed by atoms with Crippen molar-refractivity contribution in [2.75, 3.05) is 5.43 Å². The van der Waals surface area contributed by atoms with Crippen molar-refractivity contribution in [1.29, 1.82) is 5.26 Å². The van der Waals surface area contributed by atoms with Gasteiger partial charge >= 0.3 is 5.91 Å². The third-order valence-corrected chi connectivity index (χ3v) is 3.60. The molecule has 0 saturated heterocycles. The number of carbonyl (C=O) groups is 1. The van der Waals surface area contributed by atoms with Gasteiger partial charge in [0.1, 0.15) is 0 Å². The summed E-state index contributed by atoms with van der Waals surface area (Å²) in [5.41, 5.74) is 7.52. The van der Waals surface area contributed by atoms with Crippen LogP contribution in [0, 0.1) is 11.3 Å². The van der Waals surface area contributed by atoms with Crippen molar-refractivity contribution in [1.82, 2.24) is 10.4 Å². The Kier molecular flexibility index (Phi) is 3.85. The maximum Gasteiger partial charge on any atom is 0.305 e. The first-order valence-corrected chi connectivity index (χ1v) is 7.20. The first-order chi connectivity index (χ1) is 10.8. The van der Waals surface area contributed by atoms with Crippen molar-refractivity contribution in [3.63, 3.8) is 0 Å². The van der Waals surface area contributed by atoms with Crippen LogP contribution in [0.4, 0.5) is 5.13 Å². The number of hydrazine groups is 1. The highest BCUT2D eigenvalue weighted by atomic mass is 32.1. The summed E-state index contributed by atoms with van der Waals surface area (Å²) < 4.78 is 4.98. The molecule has 0 aliphatic carbocycles. The number of hydrogen-bond donors (Lipinski definition) is 2. The molecule has 6 nitrogen and oxygen atoms in total. The van der Waals surface area contributed by atoms with Gasteiger partial charge in [-0.05, 0) is 24.3 Å². The Morgan fingerprint density at radius 2 is 2.09 bits per heavy atom. The fourth-order valence-corrected chi connectivity index (χ4v) is 2.43. The molecule has 0 aliphatic rings. The summed E-state index contributed by atoms with van der Waals surface area (Å²) in [4.78, 5) is 16.1. The van der Waals surface area contributed by atoms with E-state index in [2.05, 4.69) is 21.9 Å². The number of nitrogens with zero attached hydrogens (tertiary/aromatic N) is 2. The van der Waals surface area contributed by atoms with Crippen molar-refractivity contribution in [3.05, 3.63) is 59.4 Å². The van der Waals surface area contributed by atoms with Crippen molar-refractivity contribution < 1.29 is 9.21 Å². The lowest BCUT2D eigenvalue weighted by molar-refractivity contribution is 0.0935. The summed E-state index contributed by atoms with van der Waals surface area (Å²) >= 11 is 1.36. The van der Waals surface area contributed by atoms with Crippen LogP contribution in [0.1, 0.15) is 16.1 Å². The van der Waals surface area contributed by atoms with E-state index in [0.717, 1.165) is 11.3 Å². The van der Waals surface area contributed by atoms with Crippen molar-refractivity contribution in [3.8, 4) is 17.3 Å². The Labute approximate surface area is 130 Å². The minimum absolute atomic E-state index is 0.219. The van der Waals surface area contributed by atoms with E-state index in [1.54, 1.807) is 24.3 Å². The summed E-state index contributed by atoms with van der Waals surface area (Å²) in [5.74, 6) is -0.156. The number of nitriles is 1. The fraction of sp³-hybridized carbons (Fsp3) is 0. The number of hydrogen-bond acceptors (Lipinski definition) is 6. The predicted molar refractivity (Wildman–Crippen MR) is 82.1 cm³/mol. The molecule has 0 bridgehead atoms. The van der Waals surface area contributed by atoms with Crippen LogP contribution in [0.25, 0.3) is 11.3 Å². The quantitative estimate of drug-likeness (QED) is 0.723. The number of furan rings is 1. The van der Waals surface area contributed by atoms with Gasteiger partial charge in [-0.25, -0.2) is 4.98 Å². The van der Waals surface area contributed by atoms with E-state index in [-0.39, 0.29) is 11.7 Å². The van der Waals surface area contributed by atoms with Gasteiger partial charge in [0.05, 0.1) is 23.6 Å². The van der Waals surface area contributed by atoms with Crippen LogP contribution in [0.2, 0.25) is 0 Å². The zero-order valence-corrected chi connectivity index (χ0v) is 12.1. The number of anilines is 1. The van der Waals surface area contributed by atoms with Gasteiger partial charge in [0.15, 0.2) is 5.76 Å². The third kappa shape index (κ3) is 2.97. The molecule has 2 aromatic heterocycles. The second kappa shape index (κ2) is 6.11. The fourth-order valence-electron chi connectivity index (χ4n) is 1.76. The van der Waals surface area contributed by atoms with Gasteiger partial charge in [-0.2, -0.15) is 5.26 Å². The van der Waals surface area contributed by atoms with Crippen molar-refractivity contribution in [2.24, 2.45) is 0 Å². The van der Waals surface area contributed by atoms with Crippen LogP contribution < -0.4 is 10.9 Å². The van der Waals surface area contributed by atoms with Gasteiger partial charge < -0.3 is 4.42 Å². The van der Waals surface area contributed by atoms with E-state index in [9.17, 15) is 4.79 Å². The van der Waals surface area contributed by atoms with Gasteiger partial charge in [0, 0.05) is 10.9 Å². The number of carbonyl (C=O) groups excluding carboxylic acids is 1. The molecule has 1 amide bonds. The molecule has 0 fully saturated rings. The predicted octanol–water partition coefficient (Wildman–Crippen LogP) is 3.03. The standard InChI is InChI=1S/C15H10N4O2S/c16-8-10-3-5-11(6-4-10)12-9-22-15(17-12)19-18-14(20)13-2-1-7-21-13/h1-7,9H,(H,17,19)(H,18,20). The first-order valence-electron chi connectivity index (χ1n) is 6.32. The number of aromatic nitrogens is 1. The Balaban J connectivity index is 1.66. The van der Waals surface area contributed by atoms with Crippen molar-refractivity contribution in [2.45, 2.75) is 0 Å². The van der Waals surface area contributed by atoms with Crippen LogP contribution >= 0.6 is 11.3 Å². The zero-order valence-electron chi connectivity index (χ0n) is 11.2. The zero-order chi connectivity index (χ0) is 15.4.